The van der Waals surface area contributed by atoms with E-state index in [-0.39, 0.29) is 10.6 Å². The summed E-state index contributed by atoms with van der Waals surface area (Å²) in [7, 11) is -4.23. The van der Waals surface area contributed by atoms with Gasteiger partial charge in [0.1, 0.15) is 6.54 Å². The average molecular weight is 351 g/mol. The van der Waals surface area contributed by atoms with Crippen LogP contribution in [0.4, 0.5) is 5.69 Å². The van der Waals surface area contributed by atoms with Gasteiger partial charge in [-0.15, -0.1) is 0 Å². The number of rotatable bonds is 6. The first-order chi connectivity index (χ1) is 9.98. The van der Waals surface area contributed by atoms with Crippen LogP contribution in [0.25, 0.3) is 0 Å². The molecule has 0 radical (unpaired) electrons. The number of aliphatic carboxylic acids is 1. The minimum Gasteiger partial charge on any atom is -0.480 e. The van der Waals surface area contributed by atoms with Gasteiger partial charge in [-0.2, -0.15) is 4.31 Å². The van der Waals surface area contributed by atoms with Crippen LogP contribution in [-0.4, -0.2) is 41.3 Å². The molecule has 1 rings (SSSR count). The Bertz CT molecular complexity index is 717. The summed E-state index contributed by atoms with van der Waals surface area (Å²) >= 11 is 5.86. The molecule has 0 saturated heterocycles. The van der Waals surface area contributed by atoms with Gasteiger partial charge in [0.15, 0.2) is 0 Å². The molecule has 22 heavy (non-hydrogen) atoms. The van der Waals surface area contributed by atoms with E-state index in [0.717, 1.165) is 16.4 Å². The van der Waals surface area contributed by atoms with Crippen LogP contribution < -0.4 is 0 Å². The van der Waals surface area contributed by atoms with E-state index in [1.54, 1.807) is 0 Å². The van der Waals surface area contributed by atoms with Crippen molar-refractivity contribution in [1.82, 2.24) is 4.31 Å². The summed E-state index contributed by atoms with van der Waals surface area (Å²) in [5.41, 5.74) is -0.301. The van der Waals surface area contributed by atoms with Crippen LogP contribution in [0.15, 0.2) is 17.0 Å². The number of carboxylic acids is 1. The SMILES string of the molecule is Cc1c(Cl)cc(S(=O)(=O)N(CC(=O)O)C(C)C)cc1[N+](=O)[O-]. The van der Waals surface area contributed by atoms with Crippen molar-refractivity contribution >= 4 is 33.3 Å². The first-order valence-electron chi connectivity index (χ1n) is 6.16. The molecule has 1 aromatic carbocycles. The Labute approximate surface area is 132 Å². The standard InChI is InChI=1S/C12H15ClN2O6S/c1-7(2)14(6-12(16)17)22(20,21)9-4-10(13)8(3)11(5-9)15(18)19/h4-5,7H,6H2,1-3H3,(H,16,17). The summed E-state index contributed by atoms with van der Waals surface area (Å²) in [4.78, 5) is 20.7. The molecule has 10 heteroatoms. The predicted molar refractivity (Wildman–Crippen MR) is 79.5 cm³/mol. The van der Waals surface area contributed by atoms with E-state index in [4.69, 9.17) is 16.7 Å². The largest absolute Gasteiger partial charge is 0.480 e. The Kier molecular flexibility index (Phi) is 5.49. The highest BCUT2D eigenvalue weighted by Crippen LogP contribution is 2.31. The number of nitrogens with zero attached hydrogens (tertiary/aromatic N) is 2. The van der Waals surface area contributed by atoms with E-state index >= 15 is 0 Å². The van der Waals surface area contributed by atoms with E-state index in [2.05, 4.69) is 0 Å². The molecule has 0 unspecified atom stereocenters. The lowest BCUT2D eigenvalue weighted by atomic mass is 10.2. The lowest BCUT2D eigenvalue weighted by molar-refractivity contribution is -0.385. The molecule has 0 amide bonds. The van der Waals surface area contributed by atoms with Crippen molar-refractivity contribution in [3.8, 4) is 0 Å². The topological polar surface area (TPSA) is 118 Å². The summed E-state index contributed by atoms with van der Waals surface area (Å²) in [5, 5.41) is 19.7. The number of hydrogen-bond donors (Lipinski definition) is 1. The van der Waals surface area contributed by atoms with E-state index in [1.165, 1.54) is 20.8 Å². The third-order valence-corrected chi connectivity index (χ3v) is 5.35. The quantitative estimate of drug-likeness (QED) is 0.619. The van der Waals surface area contributed by atoms with Gasteiger partial charge in [-0.05, 0) is 26.8 Å². The van der Waals surface area contributed by atoms with E-state index in [1.807, 2.05) is 0 Å². The number of nitro groups is 1. The van der Waals surface area contributed by atoms with Crippen molar-refractivity contribution < 1.29 is 23.2 Å². The first kappa shape index (κ1) is 18.3. The molecule has 0 aliphatic carbocycles. The van der Waals surface area contributed by atoms with E-state index in [0.29, 0.717) is 0 Å². The van der Waals surface area contributed by atoms with Gasteiger partial charge in [0.25, 0.3) is 5.69 Å². The van der Waals surface area contributed by atoms with Gasteiger partial charge < -0.3 is 5.11 Å². The average Bonchev–Trinajstić information content (AvgIpc) is 2.37. The van der Waals surface area contributed by atoms with Gasteiger partial charge >= 0.3 is 5.97 Å². The number of carboxylic acid groups (broad SMARTS) is 1. The number of hydrogen-bond acceptors (Lipinski definition) is 5. The Balaban J connectivity index is 3.50. The first-order valence-corrected chi connectivity index (χ1v) is 7.98. The van der Waals surface area contributed by atoms with Gasteiger partial charge in [0.2, 0.25) is 10.0 Å². The van der Waals surface area contributed by atoms with Gasteiger partial charge in [0, 0.05) is 17.7 Å². The number of carbonyl (C=O) groups is 1. The minimum atomic E-state index is -4.23. The summed E-state index contributed by atoms with van der Waals surface area (Å²) in [6, 6.07) is 1.32. The van der Waals surface area contributed by atoms with Crippen molar-refractivity contribution in [2.75, 3.05) is 6.54 Å². The smallest absolute Gasteiger partial charge is 0.318 e. The van der Waals surface area contributed by atoms with Gasteiger partial charge in [-0.3, -0.25) is 14.9 Å². The van der Waals surface area contributed by atoms with Crippen LogP contribution in [0.1, 0.15) is 19.4 Å². The van der Waals surface area contributed by atoms with Crippen molar-refractivity contribution in [2.24, 2.45) is 0 Å². The van der Waals surface area contributed by atoms with Crippen molar-refractivity contribution in [2.45, 2.75) is 31.7 Å². The highest BCUT2D eigenvalue weighted by molar-refractivity contribution is 7.89. The van der Waals surface area contributed by atoms with Crippen molar-refractivity contribution in [1.29, 1.82) is 0 Å². The fourth-order valence-corrected chi connectivity index (χ4v) is 3.71. The molecule has 0 aliphatic heterocycles. The number of halogens is 1. The fraction of sp³-hybridized carbons (Fsp3) is 0.417. The van der Waals surface area contributed by atoms with Crippen LogP contribution >= 0.6 is 11.6 Å². The molecule has 0 aliphatic rings. The van der Waals surface area contributed by atoms with Crippen molar-refractivity contribution in [3.05, 3.63) is 32.8 Å². The zero-order chi connectivity index (χ0) is 17.2. The zero-order valence-electron chi connectivity index (χ0n) is 12.1. The second kappa shape index (κ2) is 6.59. The fourth-order valence-electron chi connectivity index (χ4n) is 1.79. The molecule has 0 bridgehead atoms. The van der Waals surface area contributed by atoms with Gasteiger partial charge in [-0.25, -0.2) is 8.42 Å². The van der Waals surface area contributed by atoms with Crippen LogP contribution in [0.3, 0.4) is 0 Å². The summed E-state index contributed by atoms with van der Waals surface area (Å²) < 4.78 is 25.8. The maximum atomic E-state index is 12.5. The van der Waals surface area contributed by atoms with Crippen LogP contribution in [-0.2, 0) is 14.8 Å². The Hall–Kier alpha value is -1.71. The van der Waals surface area contributed by atoms with E-state index < -0.39 is 44.1 Å². The third-order valence-electron chi connectivity index (χ3n) is 2.96. The number of nitro benzene ring substituents is 1. The third kappa shape index (κ3) is 3.73. The van der Waals surface area contributed by atoms with E-state index in [9.17, 15) is 23.3 Å². The molecule has 0 fully saturated rings. The molecule has 0 spiro atoms. The highest BCUT2D eigenvalue weighted by Gasteiger charge is 2.31. The number of benzene rings is 1. The second-order valence-corrected chi connectivity index (χ2v) is 7.14. The Morgan fingerprint density at radius 2 is 2.00 bits per heavy atom. The summed E-state index contributed by atoms with van der Waals surface area (Å²) in [6.45, 7) is 3.66. The van der Waals surface area contributed by atoms with Gasteiger partial charge in [0.05, 0.1) is 14.8 Å². The molecule has 0 aromatic heterocycles. The maximum absolute atomic E-state index is 12.5. The summed E-state index contributed by atoms with van der Waals surface area (Å²) in [5.74, 6) is -1.33. The summed E-state index contributed by atoms with van der Waals surface area (Å²) in [6.07, 6.45) is 0. The lowest BCUT2D eigenvalue weighted by Gasteiger charge is -2.24. The highest BCUT2D eigenvalue weighted by atomic mass is 35.5. The second-order valence-electron chi connectivity index (χ2n) is 4.84. The predicted octanol–water partition coefficient (Wildman–Crippen LogP) is 2.04. The molecule has 8 nitrogen and oxygen atoms in total. The van der Waals surface area contributed by atoms with Crippen molar-refractivity contribution in [3.63, 3.8) is 0 Å². The van der Waals surface area contributed by atoms with Crippen LogP contribution in [0.2, 0.25) is 5.02 Å². The Morgan fingerprint density at radius 1 is 1.45 bits per heavy atom. The minimum absolute atomic E-state index is 0.0770. The number of sulfonamides is 1. The molecule has 1 aromatic rings. The van der Waals surface area contributed by atoms with Gasteiger partial charge in [-0.1, -0.05) is 11.6 Å². The lowest BCUT2D eigenvalue weighted by Crippen LogP contribution is -2.40. The molecule has 122 valence electrons. The molecule has 0 atom stereocenters. The zero-order valence-corrected chi connectivity index (χ0v) is 13.7. The van der Waals surface area contributed by atoms with Crippen LogP contribution in [0.5, 0.6) is 0 Å². The molecular formula is C12H15ClN2O6S. The monoisotopic (exact) mass is 350 g/mol. The maximum Gasteiger partial charge on any atom is 0.318 e. The molecular weight excluding hydrogens is 336 g/mol. The van der Waals surface area contributed by atoms with Crippen LogP contribution in [0, 0.1) is 17.0 Å². The molecule has 0 saturated carbocycles. The normalized spacial score (nSPS) is 11.9. The molecule has 1 N–H and O–H groups in total. The molecule has 0 heterocycles. The Morgan fingerprint density at radius 3 is 2.41 bits per heavy atom.